The summed E-state index contributed by atoms with van der Waals surface area (Å²) in [6, 6.07) is 6.62. The zero-order valence-electron chi connectivity index (χ0n) is 8.70. The fourth-order valence-electron chi connectivity index (χ4n) is 1.24. The molecule has 0 aliphatic rings. The number of benzene rings is 1. The van der Waals surface area contributed by atoms with Crippen LogP contribution >= 0.6 is 11.6 Å². The van der Waals surface area contributed by atoms with Crippen molar-refractivity contribution in [2.24, 2.45) is 5.73 Å². The molecule has 1 aromatic rings. The minimum atomic E-state index is -1.61. The second kappa shape index (κ2) is 4.52. The Balaban J connectivity index is 2.97. The van der Waals surface area contributed by atoms with Gasteiger partial charge in [0.2, 0.25) is 5.91 Å². The van der Waals surface area contributed by atoms with Crippen LogP contribution in [0.4, 0.5) is 0 Å². The van der Waals surface area contributed by atoms with E-state index < -0.39 is 11.5 Å². The van der Waals surface area contributed by atoms with Crippen molar-refractivity contribution in [3.63, 3.8) is 0 Å². The van der Waals surface area contributed by atoms with Gasteiger partial charge in [-0.3, -0.25) is 4.79 Å². The minimum Gasteiger partial charge on any atom is -0.380 e. The number of nitrogens with zero attached hydrogens (tertiary/aromatic N) is 1. The summed E-state index contributed by atoms with van der Waals surface area (Å²) in [6.45, 7) is 1.33. The number of primary amides is 1. The minimum absolute atomic E-state index is 0.0633. The van der Waals surface area contributed by atoms with Crippen LogP contribution in [0, 0.1) is 11.3 Å². The van der Waals surface area contributed by atoms with Crippen LogP contribution in [0.3, 0.4) is 0 Å². The molecule has 0 saturated carbocycles. The maximum atomic E-state index is 10.9. The van der Waals surface area contributed by atoms with E-state index in [0.717, 1.165) is 0 Å². The van der Waals surface area contributed by atoms with Crippen LogP contribution in [-0.2, 0) is 11.2 Å². The van der Waals surface area contributed by atoms with Gasteiger partial charge >= 0.3 is 0 Å². The van der Waals surface area contributed by atoms with Crippen molar-refractivity contribution in [2.45, 2.75) is 18.9 Å². The number of carbonyl (C=O) groups is 1. The Labute approximate surface area is 98.2 Å². The molecule has 0 spiro atoms. The lowest BCUT2D eigenvalue weighted by Gasteiger charge is -2.19. The molecular formula is C11H11ClN2O2. The lowest BCUT2D eigenvalue weighted by atomic mass is 9.95. The largest absolute Gasteiger partial charge is 0.380 e. The van der Waals surface area contributed by atoms with Crippen LogP contribution in [0.25, 0.3) is 0 Å². The number of carbonyl (C=O) groups excluding carboxylic acids is 1. The molecule has 0 aliphatic heterocycles. The van der Waals surface area contributed by atoms with E-state index in [1.54, 1.807) is 6.07 Å². The highest BCUT2D eigenvalue weighted by Gasteiger charge is 2.27. The van der Waals surface area contributed by atoms with Crippen molar-refractivity contribution in [2.75, 3.05) is 0 Å². The lowest BCUT2D eigenvalue weighted by molar-refractivity contribution is -0.134. The zero-order valence-corrected chi connectivity index (χ0v) is 9.45. The quantitative estimate of drug-likeness (QED) is 0.823. The molecule has 0 saturated heterocycles. The van der Waals surface area contributed by atoms with Crippen molar-refractivity contribution in [3.8, 4) is 6.07 Å². The van der Waals surface area contributed by atoms with Gasteiger partial charge in [-0.1, -0.05) is 17.7 Å². The van der Waals surface area contributed by atoms with Gasteiger partial charge in [0.05, 0.1) is 10.6 Å². The smallest absolute Gasteiger partial charge is 0.249 e. The Hall–Kier alpha value is -1.57. The molecule has 1 amide bonds. The number of rotatable bonds is 3. The zero-order chi connectivity index (χ0) is 12.3. The van der Waals surface area contributed by atoms with Crippen LogP contribution in [0.15, 0.2) is 18.2 Å². The molecule has 0 bridgehead atoms. The molecule has 84 valence electrons. The lowest BCUT2D eigenvalue weighted by Crippen LogP contribution is -2.42. The van der Waals surface area contributed by atoms with Crippen molar-refractivity contribution in [1.29, 1.82) is 5.26 Å². The maximum Gasteiger partial charge on any atom is 0.249 e. The van der Waals surface area contributed by atoms with Crippen molar-refractivity contribution < 1.29 is 9.90 Å². The second-order valence-electron chi connectivity index (χ2n) is 3.74. The number of halogens is 1. The monoisotopic (exact) mass is 238 g/mol. The summed E-state index contributed by atoms with van der Waals surface area (Å²) < 4.78 is 0. The molecule has 0 aromatic heterocycles. The molecule has 0 heterocycles. The van der Waals surface area contributed by atoms with Crippen LogP contribution < -0.4 is 5.73 Å². The summed E-state index contributed by atoms with van der Waals surface area (Å²) in [7, 11) is 0. The standard InChI is InChI=1S/C11H11ClN2O2/c1-11(16,10(14)15)5-7-2-3-8(6-13)9(12)4-7/h2-4,16H,5H2,1H3,(H2,14,15). The Kier molecular flexibility index (Phi) is 3.53. The van der Waals surface area contributed by atoms with E-state index >= 15 is 0 Å². The fourth-order valence-corrected chi connectivity index (χ4v) is 1.49. The molecule has 3 N–H and O–H groups in total. The molecule has 16 heavy (non-hydrogen) atoms. The first-order valence-electron chi connectivity index (χ1n) is 4.57. The summed E-state index contributed by atoms with van der Waals surface area (Å²) in [5, 5.41) is 18.6. The first-order chi connectivity index (χ1) is 7.36. The van der Waals surface area contributed by atoms with Gasteiger partial charge in [-0.15, -0.1) is 0 Å². The second-order valence-corrected chi connectivity index (χ2v) is 4.15. The molecule has 4 nitrogen and oxygen atoms in total. The van der Waals surface area contributed by atoms with Gasteiger partial charge in [-0.25, -0.2) is 0 Å². The van der Waals surface area contributed by atoms with Crippen LogP contribution in [0.5, 0.6) is 0 Å². The van der Waals surface area contributed by atoms with Gasteiger partial charge in [0.25, 0.3) is 0 Å². The Bertz CT molecular complexity index is 464. The molecule has 0 radical (unpaired) electrons. The van der Waals surface area contributed by atoms with Gasteiger partial charge < -0.3 is 10.8 Å². The third-order valence-electron chi connectivity index (χ3n) is 2.23. The predicted molar refractivity (Wildman–Crippen MR) is 59.7 cm³/mol. The number of nitrogens with two attached hydrogens (primary N) is 1. The van der Waals surface area contributed by atoms with Crippen molar-refractivity contribution in [1.82, 2.24) is 0 Å². The first kappa shape index (κ1) is 12.5. The summed E-state index contributed by atoms with van der Waals surface area (Å²) in [5.74, 6) is -0.798. The van der Waals surface area contributed by atoms with E-state index in [9.17, 15) is 9.90 Å². The normalized spacial score (nSPS) is 13.9. The number of aliphatic hydroxyl groups is 1. The molecule has 0 aliphatic carbocycles. The predicted octanol–water partition coefficient (Wildman–Crippen LogP) is 0.990. The molecule has 5 heteroatoms. The van der Waals surface area contributed by atoms with Gasteiger partial charge in [0, 0.05) is 6.42 Å². The fraction of sp³-hybridized carbons (Fsp3) is 0.273. The van der Waals surface area contributed by atoms with E-state index in [2.05, 4.69) is 0 Å². The van der Waals surface area contributed by atoms with Gasteiger partial charge in [-0.05, 0) is 24.6 Å². The van der Waals surface area contributed by atoms with E-state index in [1.807, 2.05) is 6.07 Å². The summed E-state index contributed by atoms with van der Waals surface area (Å²) in [6.07, 6.45) is 0.0633. The van der Waals surface area contributed by atoms with Crippen LogP contribution in [0.2, 0.25) is 5.02 Å². The van der Waals surface area contributed by atoms with Crippen molar-refractivity contribution in [3.05, 3.63) is 34.3 Å². The van der Waals surface area contributed by atoms with Gasteiger partial charge in [-0.2, -0.15) is 5.26 Å². The number of nitriles is 1. The van der Waals surface area contributed by atoms with Gasteiger partial charge in [0.15, 0.2) is 0 Å². The van der Waals surface area contributed by atoms with Gasteiger partial charge in [0.1, 0.15) is 11.7 Å². The van der Waals surface area contributed by atoms with Crippen LogP contribution in [-0.4, -0.2) is 16.6 Å². The van der Waals surface area contributed by atoms with E-state index in [1.165, 1.54) is 19.1 Å². The Morgan fingerprint density at radius 1 is 1.69 bits per heavy atom. The molecule has 0 fully saturated rings. The summed E-state index contributed by atoms with van der Waals surface area (Å²) in [4.78, 5) is 10.9. The van der Waals surface area contributed by atoms with E-state index in [4.69, 9.17) is 22.6 Å². The highest BCUT2D eigenvalue weighted by molar-refractivity contribution is 6.31. The molecule has 1 unspecified atom stereocenters. The number of hydrogen-bond donors (Lipinski definition) is 2. The topological polar surface area (TPSA) is 87.1 Å². The van der Waals surface area contributed by atoms with E-state index in [0.29, 0.717) is 16.1 Å². The third-order valence-corrected chi connectivity index (χ3v) is 2.55. The molecule has 1 aromatic carbocycles. The molecule has 1 atom stereocenters. The highest BCUT2D eigenvalue weighted by atomic mass is 35.5. The average molecular weight is 239 g/mol. The number of hydrogen-bond acceptors (Lipinski definition) is 3. The molecule has 1 rings (SSSR count). The highest BCUT2D eigenvalue weighted by Crippen LogP contribution is 2.20. The number of amides is 1. The Morgan fingerprint density at radius 3 is 2.75 bits per heavy atom. The average Bonchev–Trinajstić information content (AvgIpc) is 2.17. The SMILES string of the molecule is CC(O)(Cc1ccc(C#N)c(Cl)c1)C(N)=O. The summed E-state index contributed by atoms with van der Waals surface area (Å²) >= 11 is 5.82. The van der Waals surface area contributed by atoms with Crippen molar-refractivity contribution >= 4 is 17.5 Å². The molecular weight excluding hydrogens is 228 g/mol. The summed E-state index contributed by atoms with van der Waals surface area (Å²) in [5.41, 5.74) is 4.42. The third kappa shape index (κ3) is 2.72. The first-order valence-corrected chi connectivity index (χ1v) is 4.95. The van der Waals surface area contributed by atoms with E-state index in [-0.39, 0.29) is 6.42 Å². The maximum absolute atomic E-state index is 10.9. The van der Waals surface area contributed by atoms with Crippen LogP contribution in [0.1, 0.15) is 18.1 Å². The Morgan fingerprint density at radius 2 is 2.31 bits per heavy atom.